The smallest absolute Gasteiger partial charge is 0.267 e. The molecule has 0 aliphatic heterocycles. The van der Waals surface area contributed by atoms with Crippen LogP contribution in [0.2, 0.25) is 0 Å². The van der Waals surface area contributed by atoms with E-state index < -0.39 is 11.6 Å². The molecule has 0 fully saturated rings. The zero-order valence-corrected chi connectivity index (χ0v) is 19.3. The second kappa shape index (κ2) is 10.4. The lowest BCUT2D eigenvalue weighted by atomic mass is 10.1. The monoisotopic (exact) mass is 461 g/mol. The minimum atomic E-state index is -1.05. The first kappa shape index (κ1) is 23.3. The molecule has 176 valence electrons. The first-order valence-electron chi connectivity index (χ1n) is 11.0. The van der Waals surface area contributed by atoms with E-state index in [1.807, 2.05) is 60.7 Å². The largest absolute Gasteiger partial charge is 0.374 e. The first-order valence-corrected chi connectivity index (χ1v) is 11.0. The van der Waals surface area contributed by atoms with E-state index in [-0.39, 0.29) is 12.5 Å². The molecule has 0 bridgehead atoms. The molecule has 1 atom stereocenters. The minimum absolute atomic E-state index is 0.205. The number of amides is 1. The number of rotatable bonds is 10. The summed E-state index contributed by atoms with van der Waals surface area (Å²) in [6.45, 7) is 4.33. The number of fused-ring (bicyclic) bond motifs is 1. The number of nitrogens with two attached hydrogens (primary N) is 1. The number of carbonyl (C=O) groups excluding carboxylic acids is 1. The molecule has 2 aromatic heterocycles. The number of ether oxygens (including phenoxy) is 1. The van der Waals surface area contributed by atoms with Gasteiger partial charge in [0.25, 0.3) is 6.20 Å². The average Bonchev–Trinajstić information content (AvgIpc) is 3.26. The summed E-state index contributed by atoms with van der Waals surface area (Å²) in [7, 11) is 0. The molecule has 2 heterocycles. The Morgan fingerprint density at radius 3 is 2.35 bits per heavy atom. The second-order valence-electron chi connectivity index (χ2n) is 8.58. The normalized spacial score (nSPS) is 12.4. The van der Waals surface area contributed by atoms with Crippen LogP contribution in [0.25, 0.3) is 5.65 Å². The molecule has 0 saturated carbocycles. The van der Waals surface area contributed by atoms with Crippen LogP contribution in [0.1, 0.15) is 36.8 Å². The van der Waals surface area contributed by atoms with E-state index in [1.54, 1.807) is 41.6 Å². The van der Waals surface area contributed by atoms with Crippen molar-refractivity contribution in [2.24, 2.45) is 5.73 Å². The number of nitrogens with zero attached hydrogens (tertiary/aromatic N) is 4. The molecule has 0 spiro atoms. The van der Waals surface area contributed by atoms with Crippen molar-refractivity contribution in [3.05, 3.63) is 96.2 Å². The first-order chi connectivity index (χ1) is 16.4. The molecule has 0 aliphatic rings. The fourth-order valence-electron chi connectivity index (χ4n) is 3.28. The second-order valence-corrected chi connectivity index (χ2v) is 8.58. The molecule has 34 heavy (non-hydrogen) atoms. The van der Waals surface area contributed by atoms with Gasteiger partial charge in [-0.3, -0.25) is 14.0 Å². The maximum absolute atomic E-state index is 12.6. The van der Waals surface area contributed by atoms with Crippen LogP contribution in [0.15, 0.2) is 79.3 Å². The van der Waals surface area contributed by atoms with Crippen molar-refractivity contribution in [1.29, 1.82) is 0 Å². The van der Waals surface area contributed by atoms with Gasteiger partial charge >= 0.3 is 0 Å². The molecule has 9 heteroatoms. The Bertz CT molecular complexity index is 1220. The van der Waals surface area contributed by atoms with E-state index in [0.29, 0.717) is 24.7 Å². The van der Waals surface area contributed by atoms with Crippen molar-refractivity contribution in [2.75, 3.05) is 6.61 Å². The van der Waals surface area contributed by atoms with Gasteiger partial charge in [-0.2, -0.15) is 0 Å². The molecule has 4 rings (SSSR count). The molecule has 0 saturated heterocycles. The van der Waals surface area contributed by atoms with Gasteiger partial charge in [-0.1, -0.05) is 60.7 Å². The van der Waals surface area contributed by atoms with Gasteiger partial charge in [0.15, 0.2) is 12.4 Å². The third-order valence-corrected chi connectivity index (χ3v) is 5.18. The summed E-state index contributed by atoms with van der Waals surface area (Å²) in [5.74, 6) is 0.227. The van der Waals surface area contributed by atoms with Gasteiger partial charge in [0.05, 0.1) is 24.9 Å². The summed E-state index contributed by atoms with van der Waals surface area (Å²) in [5.41, 5.74) is 7.61. The minimum Gasteiger partial charge on any atom is -0.374 e. The Morgan fingerprint density at radius 1 is 1.06 bits per heavy atom. The molecule has 0 radical (unpaired) electrons. The third-order valence-electron chi connectivity index (χ3n) is 5.18. The maximum atomic E-state index is 12.6. The molecule has 9 nitrogen and oxygen atoms in total. The highest BCUT2D eigenvalue weighted by molar-refractivity contribution is 5.85. The van der Waals surface area contributed by atoms with Crippen molar-refractivity contribution >= 4 is 11.6 Å². The van der Waals surface area contributed by atoms with Crippen molar-refractivity contribution in [3.8, 4) is 0 Å². The van der Waals surface area contributed by atoms with Crippen molar-refractivity contribution < 1.29 is 19.1 Å². The Balaban J connectivity index is 1.51. The number of nitrogens with one attached hydrogen (secondary N) is 1. The van der Waals surface area contributed by atoms with E-state index in [4.69, 9.17) is 15.3 Å². The summed E-state index contributed by atoms with van der Waals surface area (Å²) in [6.07, 6.45) is 5.29. The van der Waals surface area contributed by atoms with Crippen LogP contribution < -0.4 is 20.6 Å². The Kier molecular flexibility index (Phi) is 7.15. The van der Waals surface area contributed by atoms with Crippen molar-refractivity contribution in [2.45, 2.75) is 38.6 Å². The lowest BCUT2D eigenvalue weighted by molar-refractivity contribution is -0.895. The molecule has 0 aliphatic carbocycles. The van der Waals surface area contributed by atoms with E-state index in [2.05, 4.69) is 15.5 Å². The summed E-state index contributed by atoms with van der Waals surface area (Å²) in [4.78, 5) is 18.5. The van der Waals surface area contributed by atoms with Gasteiger partial charge in [-0.05, 0) is 25.0 Å². The van der Waals surface area contributed by atoms with Crippen LogP contribution in [0.4, 0.5) is 0 Å². The topological polar surface area (TPSA) is 108 Å². The lowest BCUT2D eigenvalue weighted by Crippen LogP contribution is -2.51. The zero-order valence-electron chi connectivity index (χ0n) is 19.3. The number of aromatic nitrogens is 4. The number of hydrogen-bond acceptors (Lipinski definition) is 6. The van der Waals surface area contributed by atoms with Gasteiger partial charge in [0.2, 0.25) is 17.8 Å². The fraction of sp³-hybridized carbons (Fsp3) is 0.280. The number of benzene rings is 2. The predicted molar refractivity (Wildman–Crippen MR) is 125 cm³/mol. The van der Waals surface area contributed by atoms with Crippen LogP contribution in [0.5, 0.6) is 0 Å². The summed E-state index contributed by atoms with van der Waals surface area (Å²) < 4.78 is 9.29. The quantitative estimate of drug-likeness (QED) is 0.349. The molecule has 3 N–H and O–H groups in total. The number of carbonyl (C=O) groups is 1. The van der Waals surface area contributed by atoms with Gasteiger partial charge in [0.1, 0.15) is 6.04 Å². The predicted octanol–water partition coefficient (Wildman–Crippen LogP) is 1.76. The maximum Gasteiger partial charge on any atom is 0.267 e. The number of hydrogen-bond donors (Lipinski definition) is 2. The SMILES string of the molecule is CC(C)(N)C(=O)N[C@H](COCc1ccccc1)c1nnc2c[n+](OCc3ccccc3)ccn12. The summed E-state index contributed by atoms with van der Waals surface area (Å²) in [6, 6.07) is 19.2. The summed E-state index contributed by atoms with van der Waals surface area (Å²) >= 11 is 0. The van der Waals surface area contributed by atoms with Gasteiger partial charge in [0, 0.05) is 4.73 Å². The van der Waals surface area contributed by atoms with Crippen LogP contribution in [-0.4, -0.2) is 32.7 Å². The Morgan fingerprint density at radius 2 is 1.71 bits per heavy atom. The standard InChI is InChI=1S/C25H28N6O3/c1-25(2,26)24(32)27-21(18-33-16-19-9-5-3-6-10-19)23-29-28-22-15-30(13-14-31(22)23)34-17-20-11-7-4-8-12-20/h3-15,21H,16-18,26H2,1-2H3/p+1/t21-/m1/s1. The molecule has 1 amide bonds. The highest BCUT2D eigenvalue weighted by Gasteiger charge is 2.28. The van der Waals surface area contributed by atoms with Crippen LogP contribution in [-0.2, 0) is 22.7 Å². The average molecular weight is 462 g/mol. The van der Waals surface area contributed by atoms with Gasteiger partial charge < -0.3 is 15.8 Å². The molecule has 0 unspecified atom stereocenters. The van der Waals surface area contributed by atoms with Crippen LogP contribution >= 0.6 is 0 Å². The van der Waals surface area contributed by atoms with Crippen LogP contribution in [0, 0.1) is 0 Å². The lowest BCUT2D eigenvalue weighted by Gasteiger charge is -2.23. The Labute approximate surface area is 198 Å². The van der Waals surface area contributed by atoms with Crippen molar-refractivity contribution in [1.82, 2.24) is 19.9 Å². The molecular formula is C25H29N6O3+. The highest BCUT2D eigenvalue weighted by atomic mass is 16.7. The van der Waals surface area contributed by atoms with E-state index in [0.717, 1.165) is 11.1 Å². The summed E-state index contributed by atoms with van der Waals surface area (Å²) in [5, 5.41) is 11.5. The zero-order chi connectivity index (χ0) is 24.0. The van der Waals surface area contributed by atoms with E-state index in [1.165, 1.54) is 0 Å². The van der Waals surface area contributed by atoms with E-state index >= 15 is 0 Å². The van der Waals surface area contributed by atoms with Crippen LogP contribution in [0.3, 0.4) is 0 Å². The molecule has 2 aromatic carbocycles. The van der Waals surface area contributed by atoms with Gasteiger partial charge in [-0.15, -0.1) is 10.2 Å². The van der Waals surface area contributed by atoms with E-state index in [9.17, 15) is 4.79 Å². The molecular weight excluding hydrogens is 432 g/mol. The third kappa shape index (κ3) is 5.94. The fourth-order valence-corrected chi connectivity index (χ4v) is 3.28. The highest BCUT2D eigenvalue weighted by Crippen LogP contribution is 2.15. The van der Waals surface area contributed by atoms with Crippen molar-refractivity contribution in [3.63, 3.8) is 0 Å². The molecule has 4 aromatic rings. The van der Waals surface area contributed by atoms with Gasteiger partial charge in [-0.25, -0.2) is 0 Å². The Hall–Kier alpha value is -3.82.